The van der Waals surface area contributed by atoms with Gasteiger partial charge in [-0.05, 0) is 38.3 Å². The molecule has 0 saturated carbocycles. The van der Waals surface area contributed by atoms with E-state index in [0.717, 1.165) is 16.0 Å². The maximum Gasteiger partial charge on any atom is 0.509 e. The van der Waals surface area contributed by atoms with E-state index in [1.54, 1.807) is 31.9 Å². The van der Waals surface area contributed by atoms with Crippen LogP contribution in [0.2, 0.25) is 0 Å². The van der Waals surface area contributed by atoms with Gasteiger partial charge in [0.2, 0.25) is 0 Å². The second-order valence-corrected chi connectivity index (χ2v) is 10.8. The third-order valence-corrected chi connectivity index (χ3v) is 6.69. The number of thiazole rings is 1. The Morgan fingerprint density at radius 2 is 1.89 bits per heavy atom. The molecule has 11 heteroatoms. The van der Waals surface area contributed by atoms with Crippen LogP contribution in [0.25, 0.3) is 10.4 Å². The summed E-state index contributed by atoms with van der Waals surface area (Å²) < 4.78 is 42.4. The predicted molar refractivity (Wildman–Crippen MR) is 127 cm³/mol. The minimum atomic E-state index is -2.64. The molecule has 3 atom stereocenters. The second-order valence-electron chi connectivity index (χ2n) is 9.83. The van der Waals surface area contributed by atoms with E-state index in [1.807, 2.05) is 24.3 Å². The van der Waals surface area contributed by atoms with E-state index in [-0.39, 0.29) is 19.1 Å². The Morgan fingerprint density at radius 3 is 2.49 bits per heavy atom. The number of carbonyl (C=O) groups is 2. The van der Waals surface area contributed by atoms with Crippen LogP contribution in [0.5, 0.6) is 0 Å². The first-order valence-electron chi connectivity index (χ1n) is 11.4. The molecule has 35 heavy (non-hydrogen) atoms. The first-order chi connectivity index (χ1) is 16.4. The molecule has 3 heterocycles. The minimum absolute atomic E-state index is 0.250. The fourth-order valence-corrected chi connectivity index (χ4v) is 4.97. The summed E-state index contributed by atoms with van der Waals surface area (Å²) in [4.78, 5) is 30.6. The zero-order valence-electron chi connectivity index (χ0n) is 20.0. The largest absolute Gasteiger partial charge is 0.509 e. The van der Waals surface area contributed by atoms with Crippen LogP contribution in [-0.4, -0.2) is 66.5 Å². The van der Waals surface area contributed by atoms with Crippen molar-refractivity contribution in [2.75, 3.05) is 24.5 Å². The number of aromatic nitrogens is 1. The Labute approximate surface area is 206 Å². The van der Waals surface area contributed by atoms with Crippen molar-refractivity contribution in [3.8, 4) is 10.4 Å². The summed E-state index contributed by atoms with van der Waals surface area (Å²) in [6, 6.07) is 7.56. The van der Waals surface area contributed by atoms with E-state index < -0.39 is 35.9 Å². The summed E-state index contributed by atoms with van der Waals surface area (Å²) in [5, 5.41) is 3.86. The van der Waals surface area contributed by atoms with Crippen LogP contribution in [0.3, 0.4) is 0 Å². The lowest BCUT2D eigenvalue weighted by Gasteiger charge is -2.38. The van der Waals surface area contributed by atoms with Gasteiger partial charge in [-0.25, -0.2) is 18.6 Å². The molecule has 1 N–H and O–H groups in total. The summed E-state index contributed by atoms with van der Waals surface area (Å²) in [6.07, 6.45) is 0.112. The number of halogens is 2. The number of hydrogen-bond donors (Lipinski definition) is 1. The number of nitrogens with one attached hydrogen (secondary N) is 1. The Morgan fingerprint density at radius 1 is 1.20 bits per heavy atom. The van der Waals surface area contributed by atoms with Gasteiger partial charge >= 0.3 is 12.1 Å². The normalized spacial score (nSPS) is 23.5. The zero-order valence-corrected chi connectivity index (χ0v) is 20.9. The van der Waals surface area contributed by atoms with Crippen LogP contribution < -0.4 is 10.2 Å². The predicted octanol–water partition coefficient (Wildman–Crippen LogP) is 4.03. The van der Waals surface area contributed by atoms with E-state index in [1.165, 1.54) is 18.3 Å². The standard InChI is InChI=1S/C24H29F2N3O5S/c1-14(30)32-20-17(27-10-18(20)33-22(31)34-23(2,3)4)9-15-5-7-16(8-6-15)19-11-28-21(35-19)29-12-24(25,26)13-29/h5-8,11,17-18,20,27H,9-10,12-13H2,1-4H3/t17-,18+,20+/m1/s1. The maximum atomic E-state index is 13.1. The van der Waals surface area contributed by atoms with Gasteiger partial charge in [-0.1, -0.05) is 35.6 Å². The smallest absolute Gasteiger partial charge is 0.457 e. The molecule has 0 spiro atoms. The number of carbonyl (C=O) groups excluding carboxylic acids is 2. The third kappa shape index (κ3) is 6.46. The van der Waals surface area contributed by atoms with Gasteiger partial charge in [0.25, 0.3) is 5.92 Å². The van der Waals surface area contributed by atoms with Crippen molar-refractivity contribution in [1.29, 1.82) is 0 Å². The SMILES string of the molecule is CC(=O)O[C@@H]1[C@@H](OC(=O)OC(C)(C)C)CN[C@@H]1Cc1ccc(-c2cnc(N3CC(F)(F)C3)s2)cc1. The highest BCUT2D eigenvalue weighted by Crippen LogP contribution is 2.37. The molecule has 2 aliphatic heterocycles. The van der Waals surface area contributed by atoms with Crippen molar-refractivity contribution >= 4 is 28.6 Å². The van der Waals surface area contributed by atoms with E-state index in [2.05, 4.69) is 10.3 Å². The third-order valence-electron chi connectivity index (χ3n) is 5.59. The molecule has 2 saturated heterocycles. The van der Waals surface area contributed by atoms with Crippen LogP contribution in [0.4, 0.5) is 18.7 Å². The van der Waals surface area contributed by atoms with E-state index >= 15 is 0 Å². The Balaban J connectivity index is 1.38. The minimum Gasteiger partial charge on any atom is -0.457 e. The Hall–Kier alpha value is -2.79. The van der Waals surface area contributed by atoms with Crippen molar-refractivity contribution in [1.82, 2.24) is 10.3 Å². The quantitative estimate of drug-likeness (QED) is 0.584. The van der Waals surface area contributed by atoms with Gasteiger partial charge < -0.3 is 24.4 Å². The zero-order chi connectivity index (χ0) is 25.4. The molecule has 2 fully saturated rings. The molecular weight excluding hydrogens is 480 g/mol. The van der Waals surface area contributed by atoms with Gasteiger partial charge in [-0.15, -0.1) is 0 Å². The topological polar surface area (TPSA) is 90.0 Å². The van der Waals surface area contributed by atoms with Gasteiger partial charge in [0.1, 0.15) is 5.60 Å². The summed E-state index contributed by atoms with van der Waals surface area (Å²) >= 11 is 1.38. The van der Waals surface area contributed by atoms with Crippen molar-refractivity contribution in [3.63, 3.8) is 0 Å². The summed E-state index contributed by atoms with van der Waals surface area (Å²) in [6.45, 7) is 6.29. The molecule has 4 rings (SSSR count). The molecule has 8 nitrogen and oxygen atoms in total. The van der Waals surface area contributed by atoms with Gasteiger partial charge in [-0.2, -0.15) is 0 Å². The number of anilines is 1. The first-order valence-corrected chi connectivity index (χ1v) is 12.2. The molecule has 0 radical (unpaired) electrons. The molecule has 0 amide bonds. The van der Waals surface area contributed by atoms with E-state index in [4.69, 9.17) is 14.2 Å². The Bertz CT molecular complexity index is 1060. The fraction of sp³-hybridized carbons (Fsp3) is 0.542. The van der Waals surface area contributed by atoms with Crippen molar-refractivity contribution in [2.24, 2.45) is 0 Å². The highest BCUT2D eigenvalue weighted by atomic mass is 32.1. The van der Waals surface area contributed by atoms with Crippen LogP contribution in [-0.2, 0) is 25.4 Å². The second kappa shape index (κ2) is 9.69. The molecule has 0 unspecified atom stereocenters. The summed E-state index contributed by atoms with van der Waals surface area (Å²) in [7, 11) is 0. The number of alkyl halides is 2. The fourth-order valence-electron chi connectivity index (χ4n) is 4.05. The van der Waals surface area contributed by atoms with E-state index in [9.17, 15) is 18.4 Å². The Kier molecular flexibility index (Phi) is 7.01. The highest BCUT2D eigenvalue weighted by Gasteiger charge is 2.45. The van der Waals surface area contributed by atoms with Gasteiger partial charge in [0, 0.05) is 19.7 Å². The van der Waals surface area contributed by atoms with Crippen LogP contribution in [0.15, 0.2) is 30.5 Å². The lowest BCUT2D eigenvalue weighted by Crippen LogP contribution is -2.56. The molecular formula is C24H29F2N3O5S. The average Bonchev–Trinajstić information content (AvgIpc) is 3.34. The van der Waals surface area contributed by atoms with E-state index in [0.29, 0.717) is 18.1 Å². The monoisotopic (exact) mass is 509 g/mol. The molecule has 2 aliphatic rings. The number of nitrogens with zero attached hydrogens (tertiary/aromatic N) is 2. The van der Waals surface area contributed by atoms with Crippen molar-refractivity contribution in [2.45, 2.75) is 63.9 Å². The maximum absolute atomic E-state index is 13.1. The van der Waals surface area contributed by atoms with Gasteiger partial charge in [0.05, 0.1) is 24.0 Å². The highest BCUT2D eigenvalue weighted by molar-refractivity contribution is 7.18. The molecule has 0 aliphatic carbocycles. The number of ether oxygens (including phenoxy) is 3. The number of benzene rings is 1. The van der Waals surface area contributed by atoms with Crippen molar-refractivity contribution < 1.29 is 32.6 Å². The summed E-state index contributed by atoms with van der Waals surface area (Å²) in [5.41, 5.74) is 1.24. The molecule has 190 valence electrons. The van der Waals surface area contributed by atoms with Crippen molar-refractivity contribution in [3.05, 3.63) is 36.0 Å². The first kappa shape index (κ1) is 25.3. The molecule has 2 aromatic rings. The van der Waals surface area contributed by atoms with Crippen LogP contribution in [0, 0.1) is 0 Å². The lowest BCUT2D eigenvalue weighted by molar-refractivity contribution is -0.152. The number of hydrogen-bond acceptors (Lipinski definition) is 9. The number of esters is 1. The molecule has 0 bridgehead atoms. The average molecular weight is 510 g/mol. The van der Waals surface area contributed by atoms with Gasteiger partial charge in [-0.3, -0.25) is 4.79 Å². The summed E-state index contributed by atoms with van der Waals surface area (Å²) in [5.74, 6) is -3.10. The number of rotatable bonds is 6. The van der Waals surface area contributed by atoms with Crippen LogP contribution in [0.1, 0.15) is 33.3 Å². The van der Waals surface area contributed by atoms with Gasteiger partial charge in [0.15, 0.2) is 17.3 Å². The molecule has 1 aromatic carbocycles. The molecule has 1 aromatic heterocycles. The van der Waals surface area contributed by atoms with Crippen LogP contribution >= 0.6 is 11.3 Å². The lowest BCUT2D eigenvalue weighted by atomic mass is 10.0.